The number of hydrogen-bond acceptors (Lipinski definition) is 4. The van der Waals surface area contributed by atoms with Crippen molar-refractivity contribution in [3.05, 3.63) is 42.5 Å². The van der Waals surface area contributed by atoms with Crippen LogP contribution in [0.1, 0.15) is 5.82 Å². The lowest BCUT2D eigenvalue weighted by atomic mass is 10.3. The summed E-state index contributed by atoms with van der Waals surface area (Å²) in [5.41, 5.74) is 0.385. The van der Waals surface area contributed by atoms with Crippen molar-refractivity contribution in [1.29, 1.82) is 0 Å². The predicted octanol–water partition coefficient (Wildman–Crippen LogP) is 1.19. The fourth-order valence-corrected chi connectivity index (χ4v) is 1.56. The lowest BCUT2D eigenvalue weighted by Gasteiger charge is -2.11. The number of carbonyl (C=O) groups excluding carboxylic acids is 1. The summed E-state index contributed by atoms with van der Waals surface area (Å²) in [6.45, 7) is -0.232. The number of ether oxygens (including phenoxy) is 1. The third-order valence-electron chi connectivity index (χ3n) is 2.46. The number of imidazole rings is 1. The highest BCUT2D eigenvalue weighted by atomic mass is 16.5. The van der Waals surface area contributed by atoms with Crippen molar-refractivity contribution in [2.75, 3.05) is 11.9 Å². The van der Waals surface area contributed by atoms with Gasteiger partial charge < -0.3 is 25.5 Å². The molecule has 0 saturated carbocycles. The number of H-pyrrole nitrogens is 1. The Balaban J connectivity index is 1.92. The number of aromatic nitrogens is 2. The van der Waals surface area contributed by atoms with Gasteiger partial charge in [0.05, 0.1) is 12.2 Å². The molecule has 0 atom stereocenters. The molecule has 0 spiro atoms. The first-order valence-corrected chi connectivity index (χ1v) is 6.12. The highest BCUT2D eigenvalue weighted by molar-refractivity contribution is 5.90. The van der Waals surface area contributed by atoms with Gasteiger partial charge >= 0.3 is 12.0 Å². The minimum atomic E-state index is -1.09. The van der Waals surface area contributed by atoms with E-state index in [0.717, 1.165) is 0 Å². The summed E-state index contributed by atoms with van der Waals surface area (Å²) in [7, 11) is 0. The van der Waals surface area contributed by atoms with Gasteiger partial charge in [-0.3, -0.25) is 0 Å². The molecule has 1 aromatic carbocycles. The number of benzene rings is 1. The van der Waals surface area contributed by atoms with E-state index < -0.39 is 18.6 Å². The van der Waals surface area contributed by atoms with Crippen LogP contribution in [0.2, 0.25) is 0 Å². The Labute approximate surface area is 120 Å². The van der Waals surface area contributed by atoms with E-state index in [1.54, 1.807) is 36.7 Å². The minimum absolute atomic E-state index is 0.247. The van der Waals surface area contributed by atoms with Crippen molar-refractivity contribution in [2.45, 2.75) is 6.54 Å². The summed E-state index contributed by atoms with van der Waals surface area (Å²) in [5.74, 6) is -0.180. The standard InChI is InChI=1S/C13H14N4O4/c18-12(19)8-21-10-4-2-1-3-9(10)17-13(20)16-7-11-14-5-6-15-11/h1-6H,7-8H2,(H,14,15)(H,18,19)(H2,16,17,20). The molecule has 2 aromatic rings. The van der Waals surface area contributed by atoms with E-state index in [-0.39, 0.29) is 12.3 Å². The summed E-state index contributed by atoms with van der Waals surface area (Å²) >= 11 is 0. The number of para-hydroxylation sites is 2. The second-order valence-corrected chi connectivity index (χ2v) is 4.02. The first-order chi connectivity index (χ1) is 10.1. The Kier molecular flexibility index (Phi) is 4.75. The molecule has 8 heteroatoms. The number of anilines is 1. The first-order valence-electron chi connectivity index (χ1n) is 6.12. The molecule has 4 N–H and O–H groups in total. The monoisotopic (exact) mass is 290 g/mol. The van der Waals surface area contributed by atoms with Crippen molar-refractivity contribution in [1.82, 2.24) is 15.3 Å². The summed E-state index contributed by atoms with van der Waals surface area (Å²) < 4.78 is 5.09. The van der Waals surface area contributed by atoms with Gasteiger partial charge in [-0.25, -0.2) is 14.6 Å². The summed E-state index contributed by atoms with van der Waals surface area (Å²) in [5, 5.41) is 13.8. The van der Waals surface area contributed by atoms with Crippen LogP contribution in [0, 0.1) is 0 Å². The number of amides is 2. The SMILES string of the molecule is O=C(O)COc1ccccc1NC(=O)NCc1ncc[nH]1. The highest BCUT2D eigenvalue weighted by Crippen LogP contribution is 2.23. The molecule has 110 valence electrons. The van der Waals surface area contributed by atoms with E-state index in [4.69, 9.17) is 9.84 Å². The van der Waals surface area contributed by atoms with Crippen LogP contribution in [0.4, 0.5) is 10.5 Å². The fourth-order valence-electron chi connectivity index (χ4n) is 1.56. The van der Waals surface area contributed by atoms with Gasteiger partial charge in [-0.05, 0) is 12.1 Å². The minimum Gasteiger partial charge on any atom is -0.480 e. The van der Waals surface area contributed by atoms with Gasteiger partial charge in [0.2, 0.25) is 0 Å². The van der Waals surface area contributed by atoms with Gasteiger partial charge in [-0.1, -0.05) is 12.1 Å². The third-order valence-corrected chi connectivity index (χ3v) is 2.46. The Hall–Kier alpha value is -3.03. The number of carboxylic acids is 1. The number of aromatic amines is 1. The van der Waals surface area contributed by atoms with Crippen molar-refractivity contribution < 1.29 is 19.4 Å². The molecule has 0 bridgehead atoms. The van der Waals surface area contributed by atoms with E-state index in [9.17, 15) is 9.59 Å². The third kappa shape index (κ3) is 4.53. The van der Waals surface area contributed by atoms with Gasteiger partial charge in [0.25, 0.3) is 0 Å². The number of aliphatic carboxylic acids is 1. The number of urea groups is 1. The topological polar surface area (TPSA) is 116 Å². The van der Waals surface area contributed by atoms with Crippen LogP contribution >= 0.6 is 0 Å². The molecule has 0 saturated heterocycles. The van der Waals surface area contributed by atoms with Crippen LogP contribution in [0.5, 0.6) is 5.75 Å². The van der Waals surface area contributed by atoms with Crippen molar-refractivity contribution in [3.63, 3.8) is 0 Å². The second kappa shape index (κ2) is 6.94. The summed E-state index contributed by atoms with van der Waals surface area (Å²) in [6, 6.07) is 6.13. The van der Waals surface area contributed by atoms with Crippen LogP contribution < -0.4 is 15.4 Å². The summed E-state index contributed by atoms with van der Waals surface area (Å²) in [6.07, 6.45) is 3.24. The maximum absolute atomic E-state index is 11.8. The van der Waals surface area contributed by atoms with E-state index in [0.29, 0.717) is 11.5 Å². The molecule has 0 aliphatic heterocycles. The maximum Gasteiger partial charge on any atom is 0.341 e. The van der Waals surface area contributed by atoms with Crippen molar-refractivity contribution in [2.24, 2.45) is 0 Å². The van der Waals surface area contributed by atoms with Crippen LogP contribution in [-0.4, -0.2) is 33.7 Å². The normalized spacial score (nSPS) is 9.90. The molecule has 2 rings (SSSR count). The number of carboxylic acid groups (broad SMARTS) is 1. The van der Waals surface area contributed by atoms with Crippen molar-refractivity contribution in [3.8, 4) is 5.75 Å². The molecular formula is C13H14N4O4. The number of carbonyl (C=O) groups is 2. The molecule has 0 fully saturated rings. The lowest BCUT2D eigenvalue weighted by Crippen LogP contribution is -2.28. The van der Waals surface area contributed by atoms with E-state index in [1.165, 1.54) is 0 Å². The van der Waals surface area contributed by atoms with Gasteiger partial charge in [-0.15, -0.1) is 0 Å². The second-order valence-electron chi connectivity index (χ2n) is 4.02. The molecule has 1 heterocycles. The quantitative estimate of drug-likeness (QED) is 0.637. The predicted molar refractivity (Wildman–Crippen MR) is 74.0 cm³/mol. The van der Waals surface area contributed by atoms with Crippen LogP contribution in [-0.2, 0) is 11.3 Å². The molecule has 0 unspecified atom stereocenters. The van der Waals surface area contributed by atoms with Gasteiger partial charge in [0, 0.05) is 12.4 Å². The molecule has 0 aliphatic rings. The van der Waals surface area contributed by atoms with E-state index in [1.807, 2.05) is 0 Å². The van der Waals surface area contributed by atoms with E-state index in [2.05, 4.69) is 20.6 Å². The van der Waals surface area contributed by atoms with Crippen LogP contribution in [0.25, 0.3) is 0 Å². The van der Waals surface area contributed by atoms with E-state index >= 15 is 0 Å². The highest BCUT2D eigenvalue weighted by Gasteiger charge is 2.08. The van der Waals surface area contributed by atoms with Gasteiger partial charge in [0.1, 0.15) is 11.6 Å². The number of nitrogens with zero attached hydrogens (tertiary/aromatic N) is 1. The van der Waals surface area contributed by atoms with Crippen LogP contribution in [0.3, 0.4) is 0 Å². The Morgan fingerprint density at radius 3 is 2.86 bits per heavy atom. The fraction of sp³-hybridized carbons (Fsp3) is 0.154. The number of hydrogen-bond donors (Lipinski definition) is 4. The summed E-state index contributed by atoms with van der Waals surface area (Å²) in [4.78, 5) is 29.1. The van der Waals surface area contributed by atoms with Gasteiger partial charge in [-0.2, -0.15) is 0 Å². The maximum atomic E-state index is 11.8. The number of rotatable bonds is 6. The molecular weight excluding hydrogens is 276 g/mol. The van der Waals surface area contributed by atoms with Crippen molar-refractivity contribution >= 4 is 17.7 Å². The zero-order valence-corrected chi connectivity index (χ0v) is 11.0. The average molecular weight is 290 g/mol. The molecule has 8 nitrogen and oxygen atoms in total. The zero-order valence-electron chi connectivity index (χ0n) is 11.0. The van der Waals surface area contributed by atoms with Gasteiger partial charge in [0.15, 0.2) is 6.61 Å². The molecule has 0 radical (unpaired) electrons. The Morgan fingerprint density at radius 2 is 2.14 bits per heavy atom. The molecule has 1 aromatic heterocycles. The van der Waals surface area contributed by atoms with Crippen LogP contribution in [0.15, 0.2) is 36.7 Å². The Bertz CT molecular complexity index is 612. The molecule has 0 aliphatic carbocycles. The lowest BCUT2D eigenvalue weighted by molar-refractivity contribution is -0.139. The number of nitrogens with one attached hydrogen (secondary N) is 3. The largest absolute Gasteiger partial charge is 0.480 e. The zero-order chi connectivity index (χ0) is 15.1. The first kappa shape index (κ1) is 14.4. The average Bonchev–Trinajstić information content (AvgIpc) is 2.97. The Morgan fingerprint density at radius 1 is 1.33 bits per heavy atom. The molecule has 2 amide bonds. The smallest absolute Gasteiger partial charge is 0.341 e. The molecule has 21 heavy (non-hydrogen) atoms.